The van der Waals surface area contributed by atoms with E-state index in [0.29, 0.717) is 27.2 Å². The molecule has 0 heterocycles. The zero-order chi connectivity index (χ0) is 19.8. The highest BCUT2D eigenvalue weighted by molar-refractivity contribution is 6.42. The van der Waals surface area contributed by atoms with Crippen LogP contribution in [0.4, 0.5) is 5.69 Å². The van der Waals surface area contributed by atoms with Gasteiger partial charge in [0, 0.05) is 25.8 Å². The normalized spacial score (nSPS) is 10.2. The lowest BCUT2D eigenvalue weighted by Gasteiger charge is -2.12. The Morgan fingerprint density at radius 2 is 1.63 bits per heavy atom. The maximum absolute atomic E-state index is 12.0. The van der Waals surface area contributed by atoms with Crippen molar-refractivity contribution in [1.29, 1.82) is 0 Å². The fourth-order valence-electron chi connectivity index (χ4n) is 1.96. The number of halogens is 2. The zero-order valence-corrected chi connectivity index (χ0v) is 16.5. The van der Waals surface area contributed by atoms with Crippen molar-refractivity contribution in [2.75, 3.05) is 32.6 Å². The maximum Gasteiger partial charge on any atom is 0.259 e. The van der Waals surface area contributed by atoms with Crippen LogP contribution in [-0.2, 0) is 9.59 Å². The van der Waals surface area contributed by atoms with Gasteiger partial charge in [-0.1, -0.05) is 23.2 Å². The Morgan fingerprint density at radius 3 is 2.26 bits per heavy atom. The van der Waals surface area contributed by atoms with E-state index in [-0.39, 0.29) is 31.4 Å². The summed E-state index contributed by atoms with van der Waals surface area (Å²) in [5, 5.41) is 3.60. The molecule has 2 rings (SSSR count). The van der Waals surface area contributed by atoms with Crippen LogP contribution in [0.3, 0.4) is 0 Å². The summed E-state index contributed by atoms with van der Waals surface area (Å²) in [6, 6.07) is 11.7. The summed E-state index contributed by atoms with van der Waals surface area (Å²) >= 11 is 11.7. The largest absolute Gasteiger partial charge is 0.493 e. The molecule has 0 bridgehead atoms. The number of hydrogen-bond acceptors (Lipinski definition) is 4. The predicted molar refractivity (Wildman–Crippen MR) is 106 cm³/mol. The molecule has 27 heavy (non-hydrogen) atoms. The molecule has 2 aromatic rings. The van der Waals surface area contributed by atoms with Crippen LogP contribution in [0.2, 0.25) is 10.0 Å². The van der Waals surface area contributed by atoms with Crippen LogP contribution in [-0.4, -0.2) is 44.0 Å². The molecule has 8 heteroatoms. The highest BCUT2D eigenvalue weighted by Gasteiger charge is 2.07. The Kier molecular flexibility index (Phi) is 7.76. The molecule has 0 fully saturated rings. The third kappa shape index (κ3) is 7.00. The van der Waals surface area contributed by atoms with Gasteiger partial charge in [0.1, 0.15) is 11.5 Å². The van der Waals surface area contributed by atoms with E-state index < -0.39 is 0 Å². The second-order valence-corrected chi connectivity index (χ2v) is 6.64. The van der Waals surface area contributed by atoms with Gasteiger partial charge in [-0.15, -0.1) is 0 Å². The standard InChI is InChI=1S/C19H20Cl2N2O4/c1-23(2)19(25)12-27-14-5-3-13(4-6-14)22-18(24)9-10-26-15-7-8-16(20)17(21)11-15/h3-8,11H,9-10,12H2,1-2H3,(H,22,24). The summed E-state index contributed by atoms with van der Waals surface area (Å²) in [6.07, 6.45) is 0.176. The summed E-state index contributed by atoms with van der Waals surface area (Å²) in [5.41, 5.74) is 0.626. The summed E-state index contributed by atoms with van der Waals surface area (Å²) in [5.74, 6) is 0.776. The Bertz CT molecular complexity index is 795. The van der Waals surface area contributed by atoms with Crippen LogP contribution in [0.15, 0.2) is 42.5 Å². The van der Waals surface area contributed by atoms with E-state index in [1.807, 2.05) is 0 Å². The SMILES string of the molecule is CN(C)C(=O)COc1ccc(NC(=O)CCOc2ccc(Cl)c(Cl)c2)cc1. The van der Waals surface area contributed by atoms with Gasteiger partial charge in [0.25, 0.3) is 5.91 Å². The number of benzene rings is 2. The van der Waals surface area contributed by atoms with Gasteiger partial charge in [-0.25, -0.2) is 0 Å². The monoisotopic (exact) mass is 410 g/mol. The van der Waals surface area contributed by atoms with Gasteiger partial charge in [0.15, 0.2) is 6.61 Å². The molecule has 0 saturated heterocycles. The highest BCUT2D eigenvalue weighted by Crippen LogP contribution is 2.26. The molecule has 0 unspecified atom stereocenters. The molecule has 0 saturated carbocycles. The Morgan fingerprint density at radius 1 is 0.963 bits per heavy atom. The second kappa shape index (κ2) is 10.0. The number of carbonyl (C=O) groups excluding carboxylic acids is 2. The van der Waals surface area contributed by atoms with Crippen LogP contribution < -0.4 is 14.8 Å². The van der Waals surface area contributed by atoms with E-state index in [1.54, 1.807) is 56.6 Å². The minimum atomic E-state index is -0.188. The highest BCUT2D eigenvalue weighted by atomic mass is 35.5. The first-order valence-corrected chi connectivity index (χ1v) is 8.91. The first-order valence-electron chi connectivity index (χ1n) is 8.16. The summed E-state index contributed by atoms with van der Waals surface area (Å²) < 4.78 is 10.9. The molecule has 6 nitrogen and oxygen atoms in total. The molecule has 0 aliphatic carbocycles. The second-order valence-electron chi connectivity index (χ2n) is 5.82. The third-order valence-electron chi connectivity index (χ3n) is 3.49. The van der Waals surface area contributed by atoms with E-state index in [2.05, 4.69) is 5.32 Å². The number of nitrogens with one attached hydrogen (secondary N) is 1. The average Bonchev–Trinajstić information content (AvgIpc) is 2.63. The smallest absolute Gasteiger partial charge is 0.259 e. The van der Waals surface area contributed by atoms with E-state index in [1.165, 1.54) is 4.90 Å². The number of nitrogens with zero attached hydrogens (tertiary/aromatic N) is 1. The van der Waals surface area contributed by atoms with Crippen molar-refractivity contribution in [3.63, 3.8) is 0 Å². The van der Waals surface area contributed by atoms with Gasteiger partial charge >= 0.3 is 0 Å². The first kappa shape index (κ1) is 20.9. The van der Waals surface area contributed by atoms with Gasteiger partial charge < -0.3 is 19.7 Å². The lowest BCUT2D eigenvalue weighted by Crippen LogP contribution is -2.27. The number of hydrogen-bond donors (Lipinski definition) is 1. The minimum Gasteiger partial charge on any atom is -0.493 e. The van der Waals surface area contributed by atoms with E-state index >= 15 is 0 Å². The third-order valence-corrected chi connectivity index (χ3v) is 4.23. The molecule has 0 aromatic heterocycles. The fourth-order valence-corrected chi connectivity index (χ4v) is 2.25. The molecule has 1 N–H and O–H groups in total. The number of rotatable bonds is 8. The minimum absolute atomic E-state index is 0.0369. The molecule has 2 amide bonds. The van der Waals surface area contributed by atoms with Gasteiger partial charge in [-0.2, -0.15) is 0 Å². The molecule has 0 radical (unpaired) electrons. The Hall–Kier alpha value is -2.44. The Labute approximate surface area is 168 Å². The van der Waals surface area contributed by atoms with Gasteiger partial charge in [0.2, 0.25) is 5.91 Å². The summed E-state index contributed by atoms with van der Waals surface area (Å²) in [4.78, 5) is 24.9. The maximum atomic E-state index is 12.0. The quantitative estimate of drug-likeness (QED) is 0.716. The van der Waals surface area contributed by atoms with Crippen LogP contribution in [0, 0.1) is 0 Å². The Balaban J connectivity index is 1.75. The molecular weight excluding hydrogens is 391 g/mol. The molecule has 0 aliphatic heterocycles. The zero-order valence-electron chi connectivity index (χ0n) is 15.0. The van der Waals surface area contributed by atoms with Crippen molar-refractivity contribution in [1.82, 2.24) is 4.90 Å². The topological polar surface area (TPSA) is 67.9 Å². The van der Waals surface area contributed by atoms with Crippen molar-refractivity contribution < 1.29 is 19.1 Å². The van der Waals surface area contributed by atoms with Crippen molar-refractivity contribution in [3.05, 3.63) is 52.5 Å². The molecular formula is C19H20Cl2N2O4. The summed E-state index contributed by atoms with van der Waals surface area (Å²) in [6.45, 7) is 0.169. The number of carbonyl (C=O) groups is 2. The summed E-state index contributed by atoms with van der Waals surface area (Å²) in [7, 11) is 3.32. The number of anilines is 1. The van der Waals surface area contributed by atoms with Crippen LogP contribution >= 0.6 is 23.2 Å². The van der Waals surface area contributed by atoms with Crippen molar-refractivity contribution in [2.45, 2.75) is 6.42 Å². The predicted octanol–water partition coefficient (Wildman–Crippen LogP) is 3.87. The van der Waals surface area contributed by atoms with E-state index in [0.717, 1.165) is 0 Å². The molecule has 2 aromatic carbocycles. The lowest BCUT2D eigenvalue weighted by atomic mass is 10.3. The molecule has 144 valence electrons. The molecule has 0 atom stereocenters. The van der Waals surface area contributed by atoms with Crippen molar-refractivity contribution >= 4 is 40.7 Å². The van der Waals surface area contributed by atoms with Crippen molar-refractivity contribution in [3.8, 4) is 11.5 Å². The van der Waals surface area contributed by atoms with E-state index in [4.69, 9.17) is 32.7 Å². The van der Waals surface area contributed by atoms with Crippen molar-refractivity contribution in [2.24, 2.45) is 0 Å². The van der Waals surface area contributed by atoms with Crippen LogP contribution in [0.5, 0.6) is 11.5 Å². The molecule has 0 spiro atoms. The lowest BCUT2D eigenvalue weighted by molar-refractivity contribution is -0.130. The van der Waals surface area contributed by atoms with Crippen LogP contribution in [0.25, 0.3) is 0 Å². The number of likely N-dealkylation sites (N-methyl/N-ethyl adjacent to an activating group) is 1. The van der Waals surface area contributed by atoms with Gasteiger partial charge in [0.05, 0.1) is 23.1 Å². The van der Waals surface area contributed by atoms with Gasteiger partial charge in [-0.3, -0.25) is 9.59 Å². The number of amides is 2. The molecule has 0 aliphatic rings. The first-order chi connectivity index (χ1) is 12.8. The van der Waals surface area contributed by atoms with Gasteiger partial charge in [-0.05, 0) is 36.4 Å². The number of ether oxygens (including phenoxy) is 2. The van der Waals surface area contributed by atoms with E-state index in [9.17, 15) is 9.59 Å². The average molecular weight is 411 g/mol. The van der Waals surface area contributed by atoms with Crippen LogP contribution in [0.1, 0.15) is 6.42 Å². The fraction of sp³-hybridized carbons (Fsp3) is 0.263.